The van der Waals surface area contributed by atoms with Crippen LogP contribution >= 0.6 is 12.4 Å². The average molecular weight is 285 g/mol. The number of nitrogens with zero attached hydrogens (tertiary/aromatic N) is 1. The third-order valence-electron chi connectivity index (χ3n) is 4.05. The van der Waals surface area contributed by atoms with Crippen molar-refractivity contribution < 1.29 is 9.21 Å². The number of likely N-dealkylation sites (tertiary alicyclic amines) is 1. The van der Waals surface area contributed by atoms with Crippen LogP contribution in [0, 0.1) is 13.8 Å². The second kappa shape index (κ2) is 5.55. The summed E-state index contributed by atoms with van der Waals surface area (Å²) < 4.78 is 5.54. The number of furan rings is 1. The second-order valence-electron chi connectivity index (χ2n) is 5.55. The minimum absolute atomic E-state index is 0. The average Bonchev–Trinajstić information content (AvgIpc) is 2.81. The Morgan fingerprint density at radius 3 is 2.74 bits per heavy atom. The molecule has 0 radical (unpaired) electrons. The number of carbonyl (C=O) groups excluding carboxylic acids is 1. The maximum atomic E-state index is 12.5. The van der Waals surface area contributed by atoms with E-state index in [1.807, 2.05) is 24.8 Å². The summed E-state index contributed by atoms with van der Waals surface area (Å²) in [5, 5.41) is 3.58. The van der Waals surface area contributed by atoms with Crippen LogP contribution in [0.3, 0.4) is 0 Å². The molecule has 1 amide bonds. The highest BCUT2D eigenvalue weighted by Crippen LogP contribution is 2.23. The fourth-order valence-corrected chi connectivity index (χ4v) is 3.12. The monoisotopic (exact) mass is 284 g/mol. The van der Waals surface area contributed by atoms with Gasteiger partial charge in [-0.1, -0.05) is 0 Å². The fraction of sp³-hybridized carbons (Fsp3) is 0.643. The van der Waals surface area contributed by atoms with E-state index in [0.29, 0.717) is 17.8 Å². The zero-order chi connectivity index (χ0) is 12.7. The highest BCUT2D eigenvalue weighted by Gasteiger charge is 2.32. The Bertz CT molecular complexity index is 472. The van der Waals surface area contributed by atoms with Gasteiger partial charge in [-0.2, -0.15) is 0 Å². The maximum Gasteiger partial charge on any atom is 0.289 e. The molecule has 5 heteroatoms. The molecule has 0 aliphatic carbocycles. The Hall–Kier alpha value is -1.00. The number of aryl methyl sites for hydroxylation is 2. The smallest absolute Gasteiger partial charge is 0.289 e. The summed E-state index contributed by atoms with van der Waals surface area (Å²) in [5.74, 6) is 1.38. The Morgan fingerprint density at radius 2 is 2.05 bits per heavy atom. The summed E-state index contributed by atoms with van der Waals surface area (Å²) in [5.41, 5.74) is 0.944. The van der Waals surface area contributed by atoms with E-state index < -0.39 is 0 Å². The second-order valence-corrected chi connectivity index (χ2v) is 5.55. The number of nitrogens with one attached hydrogen (secondary N) is 1. The molecule has 2 bridgehead atoms. The minimum atomic E-state index is 0. The van der Waals surface area contributed by atoms with Crippen molar-refractivity contribution in [3.05, 3.63) is 23.2 Å². The fourth-order valence-electron chi connectivity index (χ4n) is 3.12. The van der Waals surface area contributed by atoms with Crippen molar-refractivity contribution in [1.82, 2.24) is 10.2 Å². The summed E-state index contributed by atoms with van der Waals surface area (Å²) in [7, 11) is 0. The van der Waals surface area contributed by atoms with Crippen molar-refractivity contribution in [2.24, 2.45) is 0 Å². The maximum absolute atomic E-state index is 12.5. The van der Waals surface area contributed by atoms with Crippen molar-refractivity contribution >= 4 is 18.3 Å². The van der Waals surface area contributed by atoms with Crippen LogP contribution in [0.2, 0.25) is 0 Å². The zero-order valence-electron chi connectivity index (χ0n) is 11.4. The van der Waals surface area contributed by atoms with Gasteiger partial charge >= 0.3 is 0 Å². The number of halogens is 1. The predicted octanol–water partition coefficient (Wildman–Crippen LogP) is 2.28. The van der Waals surface area contributed by atoms with Crippen molar-refractivity contribution in [2.75, 3.05) is 13.1 Å². The third kappa shape index (κ3) is 2.79. The van der Waals surface area contributed by atoms with Gasteiger partial charge in [-0.25, -0.2) is 0 Å². The lowest BCUT2D eigenvalue weighted by Crippen LogP contribution is -2.39. The summed E-state index contributed by atoms with van der Waals surface area (Å²) in [6.45, 7) is 5.47. The SMILES string of the molecule is Cc1cc(C)c(C(=O)N2CCC3CCC(C2)N3)o1.Cl. The molecule has 4 nitrogen and oxygen atoms in total. The molecule has 0 spiro atoms. The molecule has 2 unspecified atom stereocenters. The van der Waals surface area contributed by atoms with Crippen molar-refractivity contribution in [3.63, 3.8) is 0 Å². The molecule has 3 heterocycles. The summed E-state index contributed by atoms with van der Waals surface area (Å²) in [6.07, 6.45) is 3.50. The van der Waals surface area contributed by atoms with E-state index in [0.717, 1.165) is 30.8 Å². The van der Waals surface area contributed by atoms with Gasteiger partial charge in [0.2, 0.25) is 0 Å². The van der Waals surface area contributed by atoms with Crippen LogP contribution in [-0.4, -0.2) is 36.0 Å². The lowest BCUT2D eigenvalue weighted by molar-refractivity contribution is 0.0713. The molecule has 1 aromatic heterocycles. The van der Waals surface area contributed by atoms with Gasteiger partial charge in [0, 0.05) is 30.7 Å². The molecule has 0 saturated carbocycles. The van der Waals surface area contributed by atoms with Crippen molar-refractivity contribution in [3.8, 4) is 0 Å². The van der Waals surface area contributed by atoms with Gasteiger partial charge in [0.1, 0.15) is 5.76 Å². The third-order valence-corrected chi connectivity index (χ3v) is 4.05. The Labute approximate surface area is 119 Å². The number of hydrogen-bond donors (Lipinski definition) is 1. The largest absolute Gasteiger partial charge is 0.456 e. The number of hydrogen-bond acceptors (Lipinski definition) is 3. The van der Waals surface area contributed by atoms with Crippen LogP contribution in [0.5, 0.6) is 0 Å². The highest BCUT2D eigenvalue weighted by atomic mass is 35.5. The Kier molecular flexibility index (Phi) is 4.21. The molecular formula is C14H21ClN2O2. The number of amides is 1. The van der Waals surface area contributed by atoms with Gasteiger partial charge in [0.25, 0.3) is 5.91 Å². The molecule has 3 rings (SSSR count). The molecule has 2 fully saturated rings. The molecule has 2 atom stereocenters. The first-order chi connectivity index (χ1) is 8.63. The van der Waals surface area contributed by atoms with E-state index >= 15 is 0 Å². The first-order valence-electron chi connectivity index (χ1n) is 6.76. The number of rotatable bonds is 1. The summed E-state index contributed by atoms with van der Waals surface area (Å²) in [6, 6.07) is 3.00. The topological polar surface area (TPSA) is 45.5 Å². The quantitative estimate of drug-likeness (QED) is 0.861. The Morgan fingerprint density at radius 1 is 1.32 bits per heavy atom. The van der Waals surface area contributed by atoms with Crippen LogP contribution in [-0.2, 0) is 0 Å². The molecule has 2 aliphatic rings. The van der Waals surface area contributed by atoms with Crippen molar-refractivity contribution in [2.45, 2.75) is 45.2 Å². The molecule has 106 valence electrons. The summed E-state index contributed by atoms with van der Waals surface area (Å²) in [4.78, 5) is 14.4. The van der Waals surface area contributed by atoms with E-state index in [9.17, 15) is 4.79 Å². The van der Waals surface area contributed by atoms with Gasteiger partial charge in [0.15, 0.2) is 5.76 Å². The lowest BCUT2D eigenvalue weighted by Gasteiger charge is -2.23. The zero-order valence-corrected chi connectivity index (χ0v) is 12.3. The van der Waals surface area contributed by atoms with Crippen LogP contribution in [0.1, 0.15) is 41.1 Å². The molecular weight excluding hydrogens is 264 g/mol. The van der Waals surface area contributed by atoms with Crippen LogP contribution in [0.25, 0.3) is 0 Å². The molecule has 2 aliphatic heterocycles. The highest BCUT2D eigenvalue weighted by molar-refractivity contribution is 5.93. The van der Waals surface area contributed by atoms with Gasteiger partial charge in [-0.05, 0) is 39.2 Å². The van der Waals surface area contributed by atoms with Crippen LogP contribution in [0.4, 0.5) is 0 Å². The van der Waals surface area contributed by atoms with Gasteiger partial charge in [0.05, 0.1) is 0 Å². The van der Waals surface area contributed by atoms with E-state index in [1.165, 1.54) is 12.8 Å². The predicted molar refractivity (Wildman–Crippen MR) is 75.9 cm³/mol. The van der Waals surface area contributed by atoms with E-state index in [4.69, 9.17) is 4.42 Å². The molecule has 19 heavy (non-hydrogen) atoms. The van der Waals surface area contributed by atoms with Gasteiger partial charge < -0.3 is 14.6 Å². The lowest BCUT2D eigenvalue weighted by atomic mass is 10.1. The molecule has 1 aromatic rings. The standard InChI is InChI=1S/C14H20N2O2.ClH/c1-9-7-10(2)18-13(9)14(17)16-6-5-11-3-4-12(8-16)15-11;/h7,11-12,15H,3-6,8H2,1-2H3;1H. The molecule has 2 saturated heterocycles. The van der Waals surface area contributed by atoms with Crippen LogP contribution < -0.4 is 5.32 Å². The first-order valence-corrected chi connectivity index (χ1v) is 6.76. The van der Waals surface area contributed by atoms with Gasteiger partial charge in [-0.3, -0.25) is 4.79 Å². The van der Waals surface area contributed by atoms with Crippen molar-refractivity contribution in [1.29, 1.82) is 0 Å². The van der Waals surface area contributed by atoms with E-state index in [1.54, 1.807) is 0 Å². The normalized spacial score (nSPS) is 25.9. The summed E-state index contributed by atoms with van der Waals surface area (Å²) >= 11 is 0. The van der Waals surface area contributed by atoms with Crippen LogP contribution in [0.15, 0.2) is 10.5 Å². The first kappa shape index (κ1) is 14.4. The van der Waals surface area contributed by atoms with E-state index in [-0.39, 0.29) is 18.3 Å². The molecule has 1 N–H and O–H groups in total. The Balaban J connectivity index is 0.00000133. The molecule has 0 aromatic carbocycles. The number of fused-ring (bicyclic) bond motifs is 2. The van der Waals surface area contributed by atoms with Gasteiger partial charge in [-0.15, -0.1) is 12.4 Å². The minimum Gasteiger partial charge on any atom is -0.456 e. The van der Waals surface area contributed by atoms with E-state index in [2.05, 4.69) is 5.32 Å². The number of carbonyl (C=O) groups is 1.